The van der Waals surface area contributed by atoms with Crippen LogP contribution in [0, 0.1) is 0 Å². The second-order valence-corrected chi connectivity index (χ2v) is 7.55. The Morgan fingerprint density at radius 1 is 1.11 bits per heavy atom. The van der Waals surface area contributed by atoms with Crippen molar-refractivity contribution in [1.29, 1.82) is 0 Å². The number of aryl methyl sites for hydroxylation is 1. The van der Waals surface area contributed by atoms with Gasteiger partial charge in [0.2, 0.25) is 5.82 Å². The first kappa shape index (κ1) is 18.4. The van der Waals surface area contributed by atoms with E-state index in [2.05, 4.69) is 25.1 Å². The molecule has 10 heteroatoms. The van der Waals surface area contributed by atoms with Crippen LogP contribution < -0.4 is 0 Å². The van der Waals surface area contributed by atoms with E-state index in [4.69, 9.17) is 0 Å². The van der Waals surface area contributed by atoms with Crippen molar-refractivity contribution in [2.45, 2.75) is 44.6 Å². The highest BCUT2D eigenvalue weighted by Gasteiger charge is 2.41. The molecule has 2 aliphatic rings. The third-order valence-electron chi connectivity index (χ3n) is 5.67. The fourth-order valence-corrected chi connectivity index (χ4v) is 4.09. The predicted molar refractivity (Wildman–Crippen MR) is 91.8 cm³/mol. The lowest BCUT2D eigenvalue weighted by Crippen LogP contribution is -2.36. The van der Waals surface area contributed by atoms with Gasteiger partial charge in [0.25, 0.3) is 0 Å². The van der Waals surface area contributed by atoms with Crippen LogP contribution in [0.15, 0.2) is 6.20 Å². The van der Waals surface area contributed by atoms with Crippen LogP contribution in [0.4, 0.5) is 13.2 Å². The van der Waals surface area contributed by atoms with Crippen molar-refractivity contribution in [1.82, 2.24) is 34.3 Å². The molecule has 4 rings (SSSR count). The highest BCUT2D eigenvalue weighted by molar-refractivity contribution is 5.25. The van der Waals surface area contributed by atoms with Gasteiger partial charge in [-0.25, -0.2) is 4.98 Å². The van der Waals surface area contributed by atoms with Crippen LogP contribution in [-0.2, 0) is 32.9 Å². The monoisotopic (exact) mass is 383 g/mol. The average molecular weight is 383 g/mol. The van der Waals surface area contributed by atoms with E-state index < -0.39 is 12.0 Å². The minimum absolute atomic E-state index is 0.0943. The van der Waals surface area contributed by atoms with Crippen molar-refractivity contribution in [2.24, 2.45) is 7.05 Å². The van der Waals surface area contributed by atoms with Crippen molar-refractivity contribution < 1.29 is 13.2 Å². The molecule has 7 nitrogen and oxygen atoms in total. The molecule has 0 N–H and O–H groups in total. The third-order valence-corrected chi connectivity index (χ3v) is 5.67. The average Bonchev–Trinajstić information content (AvgIpc) is 3.19. The molecule has 1 saturated heterocycles. The summed E-state index contributed by atoms with van der Waals surface area (Å²) in [4.78, 5) is 8.48. The Balaban J connectivity index is 1.63. The minimum atomic E-state index is -4.42. The maximum absolute atomic E-state index is 13.5. The summed E-state index contributed by atoms with van der Waals surface area (Å²) in [5.74, 6) is -0.648. The highest BCUT2D eigenvalue weighted by atomic mass is 19.4. The van der Waals surface area contributed by atoms with Crippen LogP contribution in [0.2, 0.25) is 0 Å². The molecule has 2 aromatic heterocycles. The van der Waals surface area contributed by atoms with Gasteiger partial charge in [-0.3, -0.25) is 9.58 Å². The number of alkyl halides is 3. The van der Waals surface area contributed by atoms with Gasteiger partial charge in [0.15, 0.2) is 0 Å². The number of rotatable bonds is 3. The van der Waals surface area contributed by atoms with Crippen molar-refractivity contribution in [3.05, 3.63) is 29.1 Å². The summed E-state index contributed by atoms with van der Waals surface area (Å²) in [6.07, 6.45) is -1.02. The number of aromatic nitrogens is 5. The number of hydrogen-bond acceptors (Lipinski definition) is 5. The molecule has 0 aromatic carbocycles. The zero-order valence-corrected chi connectivity index (χ0v) is 15.6. The minimum Gasteiger partial charge on any atom is -0.322 e. The SMILES string of the molecule is CN1CCC(c2nc(C(F)(F)F)n3c2CN(Cc2cnnn2C)CC3)CC1. The lowest BCUT2D eigenvalue weighted by Gasteiger charge is -2.32. The molecule has 2 aromatic rings. The van der Waals surface area contributed by atoms with E-state index in [9.17, 15) is 13.2 Å². The van der Waals surface area contributed by atoms with E-state index >= 15 is 0 Å². The van der Waals surface area contributed by atoms with Gasteiger partial charge in [0.05, 0.1) is 23.3 Å². The Hall–Kier alpha value is -1.94. The van der Waals surface area contributed by atoms with E-state index in [0.29, 0.717) is 31.9 Å². The molecule has 0 amide bonds. The van der Waals surface area contributed by atoms with Crippen LogP contribution in [0.5, 0.6) is 0 Å². The molecule has 0 saturated carbocycles. The van der Waals surface area contributed by atoms with E-state index in [1.54, 1.807) is 10.9 Å². The first-order valence-electron chi connectivity index (χ1n) is 9.24. The highest BCUT2D eigenvalue weighted by Crippen LogP contribution is 2.37. The quantitative estimate of drug-likeness (QED) is 0.810. The molecule has 0 atom stereocenters. The van der Waals surface area contributed by atoms with E-state index in [-0.39, 0.29) is 5.92 Å². The van der Waals surface area contributed by atoms with E-state index in [1.165, 1.54) is 4.57 Å². The summed E-state index contributed by atoms with van der Waals surface area (Å²) in [5.41, 5.74) is 2.31. The second-order valence-electron chi connectivity index (χ2n) is 7.55. The predicted octanol–water partition coefficient (Wildman–Crippen LogP) is 1.86. The number of piperidine rings is 1. The van der Waals surface area contributed by atoms with E-state index in [0.717, 1.165) is 37.3 Å². The molecule has 0 spiro atoms. The molecular weight excluding hydrogens is 359 g/mol. The topological polar surface area (TPSA) is 55.0 Å². The van der Waals surface area contributed by atoms with Crippen molar-refractivity contribution in [3.63, 3.8) is 0 Å². The molecule has 1 fully saturated rings. The van der Waals surface area contributed by atoms with Gasteiger partial charge >= 0.3 is 6.18 Å². The molecule has 0 radical (unpaired) electrons. The van der Waals surface area contributed by atoms with Gasteiger partial charge in [0, 0.05) is 39.1 Å². The Morgan fingerprint density at radius 3 is 2.48 bits per heavy atom. The van der Waals surface area contributed by atoms with Crippen LogP contribution in [-0.4, -0.2) is 61.0 Å². The van der Waals surface area contributed by atoms with Crippen LogP contribution in [0.3, 0.4) is 0 Å². The normalized spacial score (nSPS) is 20.2. The number of likely N-dealkylation sites (tertiary alicyclic amines) is 1. The van der Waals surface area contributed by atoms with Crippen LogP contribution in [0.1, 0.15) is 41.7 Å². The smallest absolute Gasteiger partial charge is 0.322 e. The maximum Gasteiger partial charge on any atom is 0.449 e. The van der Waals surface area contributed by atoms with Gasteiger partial charge in [0.1, 0.15) is 0 Å². The first-order valence-corrected chi connectivity index (χ1v) is 9.24. The fraction of sp³-hybridized carbons (Fsp3) is 0.706. The summed E-state index contributed by atoms with van der Waals surface area (Å²) < 4.78 is 43.7. The zero-order chi connectivity index (χ0) is 19.2. The van der Waals surface area contributed by atoms with Crippen LogP contribution in [0.25, 0.3) is 0 Å². The number of fused-ring (bicyclic) bond motifs is 1. The summed E-state index contributed by atoms with van der Waals surface area (Å²) in [5, 5.41) is 7.81. The van der Waals surface area contributed by atoms with Gasteiger partial charge in [-0.05, 0) is 33.0 Å². The van der Waals surface area contributed by atoms with Crippen molar-refractivity contribution >= 4 is 0 Å². The Labute approximate surface area is 155 Å². The Bertz CT molecular complexity index is 802. The number of imidazole rings is 1. The molecule has 0 aliphatic carbocycles. The summed E-state index contributed by atoms with van der Waals surface area (Å²) in [7, 11) is 3.87. The number of nitrogens with zero attached hydrogens (tertiary/aromatic N) is 7. The molecule has 0 bridgehead atoms. The number of hydrogen-bond donors (Lipinski definition) is 0. The molecule has 27 heavy (non-hydrogen) atoms. The summed E-state index contributed by atoms with van der Waals surface area (Å²) in [6.45, 7) is 3.71. The summed E-state index contributed by atoms with van der Waals surface area (Å²) >= 11 is 0. The van der Waals surface area contributed by atoms with Gasteiger partial charge in [-0.2, -0.15) is 13.2 Å². The first-order chi connectivity index (χ1) is 12.8. The molecular formula is C17H24F3N7. The molecule has 2 aliphatic heterocycles. The van der Waals surface area contributed by atoms with Gasteiger partial charge in [-0.15, -0.1) is 5.10 Å². The zero-order valence-electron chi connectivity index (χ0n) is 15.6. The molecule has 4 heterocycles. The molecule has 148 valence electrons. The Morgan fingerprint density at radius 2 is 1.85 bits per heavy atom. The largest absolute Gasteiger partial charge is 0.449 e. The van der Waals surface area contributed by atoms with Gasteiger partial charge < -0.3 is 9.47 Å². The van der Waals surface area contributed by atoms with E-state index in [1.807, 2.05) is 14.1 Å². The fourth-order valence-electron chi connectivity index (χ4n) is 4.09. The standard InChI is InChI=1S/C17H24F3N7/c1-24-5-3-12(4-6-24)15-14-11-26(10-13-9-21-23-25(13)2)7-8-27(14)16(22-15)17(18,19)20/h9,12H,3-8,10-11H2,1-2H3. The van der Waals surface area contributed by atoms with Gasteiger partial charge in [-0.1, -0.05) is 5.21 Å². The third kappa shape index (κ3) is 3.60. The lowest BCUT2D eigenvalue weighted by atomic mass is 9.92. The Kier molecular flexibility index (Phi) is 4.71. The lowest BCUT2D eigenvalue weighted by molar-refractivity contribution is -0.147. The second kappa shape index (κ2) is 6.90. The maximum atomic E-state index is 13.5. The number of halogens is 3. The van der Waals surface area contributed by atoms with Crippen molar-refractivity contribution in [2.75, 3.05) is 26.7 Å². The van der Waals surface area contributed by atoms with Crippen molar-refractivity contribution in [3.8, 4) is 0 Å². The molecule has 0 unspecified atom stereocenters. The summed E-state index contributed by atoms with van der Waals surface area (Å²) in [6, 6.07) is 0. The van der Waals surface area contributed by atoms with Crippen LogP contribution >= 0.6 is 0 Å².